The zero-order valence-electron chi connectivity index (χ0n) is 27.9. The van der Waals surface area contributed by atoms with Crippen LogP contribution in [0.15, 0.2) is 48.1 Å². The standard InChI is InChI=1S/C34H37F7N4O5S/c1-3-6-27-32(50-22-19-28(51-21-22)34(39,40)41,10-5-12-45(27)30(46)23-20-42-11-9-24(23)33(36,37)38)31(47)44-15-13-43(14-16-44)29-25(35)7-4-8-26(29)49-18-17-48-2/h4,7-9,11,19-21,27H,3,5-6,10,12-18H2,1-2H3/t27-,32+/m1/s1. The number of aromatic nitrogens is 1. The molecular weight excluding hydrogens is 709 g/mol. The molecule has 2 fully saturated rings. The van der Waals surface area contributed by atoms with Crippen molar-refractivity contribution in [3.8, 4) is 11.5 Å². The van der Waals surface area contributed by atoms with Crippen LogP contribution in [0.5, 0.6) is 11.5 Å². The highest BCUT2D eigenvalue weighted by Crippen LogP contribution is 2.43. The SMILES string of the molecule is CCC[C@H]1N(C(=O)c2cnccc2C(F)(F)F)CCC[C@@]1(Oc1csc(C(F)(F)F)c1)C(=O)N1CCN(c2c(F)cccc2OCCOC)CC1. The van der Waals surface area contributed by atoms with E-state index in [0.29, 0.717) is 23.8 Å². The van der Waals surface area contributed by atoms with Gasteiger partial charge in [-0.2, -0.15) is 26.3 Å². The highest BCUT2D eigenvalue weighted by Gasteiger charge is 2.56. The lowest BCUT2D eigenvalue weighted by atomic mass is 9.79. The summed E-state index contributed by atoms with van der Waals surface area (Å²) in [5, 5.41) is 1.12. The Labute approximate surface area is 293 Å². The molecule has 0 spiro atoms. The first kappa shape index (κ1) is 38.1. The zero-order valence-corrected chi connectivity index (χ0v) is 28.7. The number of hydrogen-bond donors (Lipinski definition) is 0. The third-order valence-corrected chi connectivity index (χ3v) is 9.89. The molecule has 0 N–H and O–H groups in total. The van der Waals surface area contributed by atoms with E-state index in [1.807, 2.05) is 0 Å². The molecule has 9 nitrogen and oxygen atoms in total. The molecule has 278 valence electrons. The highest BCUT2D eigenvalue weighted by molar-refractivity contribution is 7.10. The Hall–Kier alpha value is -4.12. The van der Waals surface area contributed by atoms with Crippen LogP contribution in [0.2, 0.25) is 0 Å². The van der Waals surface area contributed by atoms with Gasteiger partial charge in [0.05, 0.1) is 23.8 Å². The molecule has 3 aromatic rings. The number of thiophene rings is 1. The molecular formula is C34H37F7N4O5S. The summed E-state index contributed by atoms with van der Waals surface area (Å²) in [6, 6.07) is 4.70. The molecule has 2 aromatic heterocycles. The number of ether oxygens (including phenoxy) is 3. The van der Waals surface area contributed by atoms with E-state index in [4.69, 9.17) is 14.2 Å². The monoisotopic (exact) mass is 746 g/mol. The Kier molecular flexibility index (Phi) is 11.7. The van der Waals surface area contributed by atoms with Crippen molar-refractivity contribution < 1.29 is 54.5 Å². The summed E-state index contributed by atoms with van der Waals surface area (Å²) < 4.78 is 115. The third-order valence-electron chi connectivity index (χ3n) is 8.94. The van der Waals surface area contributed by atoms with E-state index in [-0.39, 0.29) is 82.4 Å². The number of carbonyl (C=O) groups is 2. The summed E-state index contributed by atoms with van der Waals surface area (Å²) in [6.45, 7) is 2.54. The molecule has 0 radical (unpaired) electrons. The molecule has 0 saturated carbocycles. The van der Waals surface area contributed by atoms with Gasteiger partial charge in [0.1, 0.15) is 34.5 Å². The molecule has 2 aliphatic heterocycles. The van der Waals surface area contributed by atoms with Gasteiger partial charge in [-0.3, -0.25) is 14.6 Å². The minimum atomic E-state index is -4.88. The van der Waals surface area contributed by atoms with Crippen molar-refractivity contribution >= 4 is 28.8 Å². The van der Waals surface area contributed by atoms with Crippen molar-refractivity contribution in [3.63, 3.8) is 0 Å². The Bertz CT molecular complexity index is 1680. The quantitative estimate of drug-likeness (QED) is 0.156. The number of piperidine rings is 1. The van der Waals surface area contributed by atoms with Gasteiger partial charge >= 0.3 is 12.4 Å². The average molecular weight is 747 g/mol. The molecule has 4 heterocycles. The molecule has 0 bridgehead atoms. The van der Waals surface area contributed by atoms with Crippen LogP contribution in [-0.2, 0) is 21.9 Å². The molecule has 0 aliphatic carbocycles. The van der Waals surface area contributed by atoms with Gasteiger partial charge in [0.15, 0.2) is 0 Å². The Morgan fingerprint density at radius 3 is 2.41 bits per heavy atom. The number of likely N-dealkylation sites (tertiary alicyclic amines) is 1. The fraction of sp³-hybridized carbons (Fsp3) is 0.500. The van der Waals surface area contributed by atoms with E-state index >= 15 is 4.39 Å². The summed E-state index contributed by atoms with van der Waals surface area (Å²) in [7, 11) is 1.50. The number of piperazine rings is 1. The van der Waals surface area contributed by atoms with Crippen LogP contribution in [0, 0.1) is 5.82 Å². The predicted molar refractivity (Wildman–Crippen MR) is 173 cm³/mol. The maximum absolute atomic E-state index is 15.1. The highest BCUT2D eigenvalue weighted by atomic mass is 32.1. The van der Waals surface area contributed by atoms with Gasteiger partial charge in [-0.25, -0.2) is 4.39 Å². The van der Waals surface area contributed by atoms with Crippen LogP contribution >= 0.6 is 11.3 Å². The number of anilines is 1. The van der Waals surface area contributed by atoms with Crippen molar-refractivity contribution in [1.29, 1.82) is 0 Å². The Balaban J connectivity index is 1.49. The number of carbonyl (C=O) groups excluding carboxylic acids is 2. The number of amides is 2. The lowest BCUT2D eigenvalue weighted by Crippen LogP contribution is -2.69. The predicted octanol–water partition coefficient (Wildman–Crippen LogP) is 6.92. The van der Waals surface area contributed by atoms with Crippen molar-refractivity contribution in [1.82, 2.24) is 14.8 Å². The lowest BCUT2D eigenvalue weighted by Gasteiger charge is -2.50. The molecule has 1 aromatic carbocycles. The second-order valence-corrected chi connectivity index (χ2v) is 13.1. The van der Waals surface area contributed by atoms with E-state index in [2.05, 4.69) is 4.98 Å². The van der Waals surface area contributed by atoms with Crippen molar-refractivity contribution in [2.75, 3.05) is 57.9 Å². The minimum Gasteiger partial charge on any atom is -0.489 e. The summed E-state index contributed by atoms with van der Waals surface area (Å²) >= 11 is 0.371. The fourth-order valence-corrected chi connectivity index (χ4v) is 7.33. The van der Waals surface area contributed by atoms with Gasteiger partial charge in [0, 0.05) is 70.1 Å². The molecule has 17 heteroatoms. The topological polar surface area (TPSA) is 84.4 Å². The second kappa shape index (κ2) is 15.6. The number of hydrogen-bond acceptors (Lipinski definition) is 8. The number of halogens is 7. The van der Waals surface area contributed by atoms with Gasteiger partial charge in [0.25, 0.3) is 11.8 Å². The van der Waals surface area contributed by atoms with Gasteiger partial charge in [-0.1, -0.05) is 19.4 Å². The van der Waals surface area contributed by atoms with Gasteiger partial charge in [0.2, 0.25) is 5.60 Å². The van der Waals surface area contributed by atoms with Gasteiger partial charge < -0.3 is 28.9 Å². The van der Waals surface area contributed by atoms with Crippen LogP contribution in [0.4, 0.5) is 36.4 Å². The van der Waals surface area contributed by atoms with E-state index < -0.39 is 57.6 Å². The zero-order chi connectivity index (χ0) is 37.0. The lowest BCUT2D eigenvalue weighted by molar-refractivity contribution is -0.159. The smallest absolute Gasteiger partial charge is 0.425 e. The maximum atomic E-state index is 15.1. The minimum absolute atomic E-state index is 0.0261. The number of para-hydroxylation sites is 1. The van der Waals surface area contributed by atoms with E-state index in [9.17, 15) is 35.9 Å². The molecule has 2 amide bonds. The van der Waals surface area contributed by atoms with E-state index in [1.165, 1.54) is 24.1 Å². The van der Waals surface area contributed by atoms with Crippen LogP contribution in [-0.4, -0.2) is 91.3 Å². The molecule has 51 heavy (non-hydrogen) atoms. The normalized spacial score (nSPS) is 20.0. The van der Waals surface area contributed by atoms with Gasteiger partial charge in [-0.15, -0.1) is 11.3 Å². The fourth-order valence-electron chi connectivity index (χ4n) is 6.66. The Morgan fingerprint density at radius 1 is 1.02 bits per heavy atom. The van der Waals surface area contributed by atoms with E-state index in [1.54, 1.807) is 17.9 Å². The molecule has 2 saturated heterocycles. The first-order valence-electron chi connectivity index (χ1n) is 16.3. The third kappa shape index (κ3) is 8.19. The number of nitrogens with zero attached hydrogens (tertiary/aromatic N) is 4. The van der Waals surface area contributed by atoms with E-state index in [0.717, 1.165) is 28.7 Å². The van der Waals surface area contributed by atoms with Crippen LogP contribution < -0.4 is 14.4 Å². The second-order valence-electron chi connectivity index (χ2n) is 12.2. The largest absolute Gasteiger partial charge is 0.489 e. The molecule has 2 aliphatic rings. The van der Waals surface area contributed by atoms with Crippen LogP contribution in [0.25, 0.3) is 0 Å². The average Bonchev–Trinajstić information content (AvgIpc) is 3.58. The summed E-state index contributed by atoms with van der Waals surface area (Å²) in [5.74, 6) is -2.18. The van der Waals surface area contributed by atoms with Crippen LogP contribution in [0.3, 0.4) is 0 Å². The number of rotatable bonds is 11. The molecule has 2 atom stereocenters. The number of benzene rings is 1. The molecule has 5 rings (SSSR count). The van der Waals surface area contributed by atoms with Crippen molar-refractivity contribution in [2.45, 2.75) is 56.6 Å². The molecule has 0 unspecified atom stereocenters. The number of methoxy groups -OCH3 is 1. The van der Waals surface area contributed by atoms with Crippen molar-refractivity contribution in [3.05, 3.63) is 69.9 Å². The first-order chi connectivity index (χ1) is 24.2. The summed E-state index contributed by atoms with van der Waals surface area (Å²) in [5.41, 5.74) is -3.68. The number of alkyl halides is 6. The van der Waals surface area contributed by atoms with Crippen LogP contribution in [0.1, 0.15) is 53.4 Å². The Morgan fingerprint density at radius 2 is 1.76 bits per heavy atom. The summed E-state index contributed by atoms with van der Waals surface area (Å²) in [4.78, 5) is 35.8. The first-order valence-corrected chi connectivity index (χ1v) is 17.2. The summed E-state index contributed by atoms with van der Waals surface area (Å²) in [6.07, 6.45) is -7.32. The number of pyridine rings is 1. The van der Waals surface area contributed by atoms with Gasteiger partial charge in [-0.05, 0) is 31.0 Å². The maximum Gasteiger partial charge on any atom is 0.425 e. The van der Waals surface area contributed by atoms with Crippen molar-refractivity contribution in [2.24, 2.45) is 0 Å².